The van der Waals surface area contributed by atoms with Crippen molar-refractivity contribution in [2.45, 2.75) is 111 Å². The Kier molecular flexibility index (Phi) is 16.0. The number of carbonyl (C=O) groups excluding carboxylic acids is 4. The summed E-state index contributed by atoms with van der Waals surface area (Å²) in [5, 5.41) is 8.70. The number of ether oxygens (including phenoxy) is 2. The minimum absolute atomic E-state index is 0.0234. The van der Waals surface area contributed by atoms with Crippen LogP contribution in [0.4, 0.5) is 0 Å². The molecule has 244 valence electrons. The number of likely N-dealkylation sites (tertiary alicyclic amines) is 1. The van der Waals surface area contributed by atoms with E-state index in [2.05, 4.69) is 16.0 Å². The molecular formula is C31H59N5O6. The van der Waals surface area contributed by atoms with Gasteiger partial charge in [-0.2, -0.15) is 0 Å². The van der Waals surface area contributed by atoms with Crippen LogP contribution in [-0.4, -0.2) is 112 Å². The number of likely N-dealkylation sites (N-methyl/N-ethyl adjacent to an activating group) is 2. The molecule has 1 aliphatic rings. The van der Waals surface area contributed by atoms with Crippen LogP contribution in [-0.2, 0) is 28.7 Å². The molecule has 3 N–H and O–H groups in total. The summed E-state index contributed by atoms with van der Waals surface area (Å²) in [4.78, 5) is 56.7. The van der Waals surface area contributed by atoms with Crippen LogP contribution < -0.4 is 16.0 Å². The lowest BCUT2D eigenvalue weighted by atomic mass is 9.89. The molecule has 0 radical (unpaired) electrons. The predicted molar refractivity (Wildman–Crippen MR) is 165 cm³/mol. The van der Waals surface area contributed by atoms with Crippen molar-refractivity contribution in [3.05, 3.63) is 0 Å². The molecule has 1 fully saturated rings. The van der Waals surface area contributed by atoms with E-state index < -0.39 is 36.3 Å². The number of rotatable bonds is 17. The summed E-state index contributed by atoms with van der Waals surface area (Å²) in [5.74, 6) is -1.14. The van der Waals surface area contributed by atoms with E-state index in [-0.39, 0.29) is 53.8 Å². The zero-order chi connectivity index (χ0) is 32.3. The molecule has 4 amide bonds. The van der Waals surface area contributed by atoms with Crippen molar-refractivity contribution in [1.82, 2.24) is 25.8 Å². The molecule has 0 saturated carbocycles. The fourth-order valence-electron chi connectivity index (χ4n) is 6.28. The van der Waals surface area contributed by atoms with E-state index >= 15 is 0 Å². The third-order valence-electron chi connectivity index (χ3n) is 9.00. The molecule has 1 saturated heterocycles. The van der Waals surface area contributed by atoms with Gasteiger partial charge in [-0.05, 0) is 37.6 Å². The van der Waals surface area contributed by atoms with Crippen molar-refractivity contribution >= 4 is 23.6 Å². The second-order valence-electron chi connectivity index (χ2n) is 12.4. The lowest BCUT2D eigenvalue weighted by Gasteiger charge is -2.41. The molecule has 0 aromatic carbocycles. The molecule has 1 unspecified atom stereocenters. The minimum Gasteiger partial charge on any atom is -0.379 e. The second-order valence-corrected chi connectivity index (χ2v) is 12.4. The van der Waals surface area contributed by atoms with E-state index in [0.29, 0.717) is 6.54 Å². The first-order valence-corrected chi connectivity index (χ1v) is 15.5. The third kappa shape index (κ3) is 9.38. The first-order chi connectivity index (χ1) is 19.7. The highest BCUT2D eigenvalue weighted by molar-refractivity contribution is 5.90. The average Bonchev–Trinajstić information content (AvgIpc) is 3.44. The highest BCUT2D eigenvalue weighted by Gasteiger charge is 2.42. The van der Waals surface area contributed by atoms with Gasteiger partial charge in [-0.15, -0.1) is 0 Å². The van der Waals surface area contributed by atoms with Gasteiger partial charge in [0.25, 0.3) is 0 Å². The Balaban J connectivity index is 3.24. The Morgan fingerprint density at radius 3 is 1.98 bits per heavy atom. The maximum absolute atomic E-state index is 14.0. The van der Waals surface area contributed by atoms with Crippen molar-refractivity contribution in [3.63, 3.8) is 0 Å². The van der Waals surface area contributed by atoms with Gasteiger partial charge in [-0.3, -0.25) is 19.2 Å². The summed E-state index contributed by atoms with van der Waals surface area (Å²) < 4.78 is 11.7. The first-order valence-electron chi connectivity index (χ1n) is 15.5. The number of hydrogen-bond donors (Lipinski definition) is 3. The van der Waals surface area contributed by atoms with Crippen LogP contribution in [0.5, 0.6) is 0 Å². The van der Waals surface area contributed by atoms with Gasteiger partial charge in [0, 0.05) is 34.9 Å². The van der Waals surface area contributed by atoms with E-state index in [1.54, 1.807) is 40.3 Å². The van der Waals surface area contributed by atoms with Crippen molar-refractivity contribution < 1.29 is 28.7 Å². The molecule has 8 atom stereocenters. The monoisotopic (exact) mass is 597 g/mol. The van der Waals surface area contributed by atoms with Gasteiger partial charge >= 0.3 is 0 Å². The lowest BCUT2D eigenvalue weighted by molar-refractivity contribution is -0.147. The van der Waals surface area contributed by atoms with Crippen LogP contribution in [0.1, 0.15) is 74.1 Å². The molecule has 1 aliphatic heterocycles. The highest BCUT2D eigenvalue weighted by atomic mass is 16.5. The molecule has 0 bridgehead atoms. The summed E-state index contributed by atoms with van der Waals surface area (Å²) in [7, 11) is 8.21. The molecule has 0 aliphatic carbocycles. The topological polar surface area (TPSA) is 129 Å². The van der Waals surface area contributed by atoms with Crippen LogP contribution in [0.25, 0.3) is 0 Å². The molecule has 1 rings (SSSR count). The number of methoxy groups -OCH3 is 2. The van der Waals surface area contributed by atoms with Crippen molar-refractivity contribution in [2.75, 3.05) is 41.9 Å². The molecular weight excluding hydrogens is 538 g/mol. The second kappa shape index (κ2) is 17.8. The fraction of sp³-hybridized carbons (Fsp3) is 0.871. The van der Waals surface area contributed by atoms with Gasteiger partial charge in [0.05, 0.1) is 42.7 Å². The lowest BCUT2D eigenvalue weighted by Crippen LogP contribution is -2.59. The zero-order valence-corrected chi connectivity index (χ0v) is 28.2. The van der Waals surface area contributed by atoms with E-state index in [4.69, 9.17) is 9.47 Å². The Hall–Kier alpha value is -2.24. The van der Waals surface area contributed by atoms with E-state index in [1.807, 2.05) is 53.4 Å². The van der Waals surface area contributed by atoms with Crippen molar-refractivity contribution in [1.29, 1.82) is 0 Å². The summed E-state index contributed by atoms with van der Waals surface area (Å²) in [6.07, 6.45) is 1.42. The van der Waals surface area contributed by atoms with Gasteiger partial charge in [0.15, 0.2) is 0 Å². The Labute approximate surface area is 254 Å². The smallest absolute Gasteiger partial charge is 0.245 e. The molecule has 0 aromatic rings. The maximum atomic E-state index is 14.0. The van der Waals surface area contributed by atoms with Crippen LogP contribution >= 0.6 is 0 Å². The van der Waals surface area contributed by atoms with Crippen LogP contribution in [0.15, 0.2) is 0 Å². The van der Waals surface area contributed by atoms with Gasteiger partial charge in [-0.1, -0.05) is 54.9 Å². The van der Waals surface area contributed by atoms with E-state index in [1.165, 1.54) is 0 Å². The van der Waals surface area contributed by atoms with Crippen molar-refractivity contribution in [3.8, 4) is 0 Å². The number of carbonyl (C=O) groups is 4. The Morgan fingerprint density at radius 2 is 1.52 bits per heavy atom. The molecule has 42 heavy (non-hydrogen) atoms. The average molecular weight is 598 g/mol. The largest absolute Gasteiger partial charge is 0.379 e. The number of hydrogen-bond acceptors (Lipinski definition) is 7. The normalized spacial score (nSPS) is 20.4. The Morgan fingerprint density at radius 1 is 0.929 bits per heavy atom. The standard InChI is InChI=1S/C31H59N5O6/c1-13-20(6)27(35(10)31(40)26(19(4)5)34-30(39)25(32-8)18(2)3)23(41-11)17-24(37)36-16-14-15-22(36)28(42-12)21(7)29(38)33-9/h18-23,25-28,32H,13-17H2,1-12H3,(H,33,38)(H,34,39)/t20-,21-,22?,23-,25+,26+,27+,28-/m1/s1. The van der Waals surface area contributed by atoms with Crippen LogP contribution in [0.2, 0.25) is 0 Å². The molecule has 11 heteroatoms. The van der Waals surface area contributed by atoms with E-state index in [0.717, 1.165) is 19.3 Å². The zero-order valence-electron chi connectivity index (χ0n) is 28.2. The highest BCUT2D eigenvalue weighted by Crippen LogP contribution is 2.29. The van der Waals surface area contributed by atoms with Crippen LogP contribution in [0, 0.1) is 23.7 Å². The SMILES string of the molecule is CC[C@@H](C)[C@@H]([C@@H](CC(=O)N1CCCC1[C@H](OC)[C@@H](C)C(=O)NC)OC)N(C)C(=O)[C@@H](NC(=O)[C@@H](NC)C(C)C)C(C)C. The molecule has 0 aromatic heterocycles. The Bertz CT molecular complexity index is 884. The molecule has 0 spiro atoms. The van der Waals surface area contributed by atoms with Gasteiger partial charge < -0.3 is 35.2 Å². The van der Waals surface area contributed by atoms with Gasteiger partial charge in [-0.25, -0.2) is 0 Å². The molecule has 1 heterocycles. The van der Waals surface area contributed by atoms with Crippen LogP contribution in [0.3, 0.4) is 0 Å². The number of amides is 4. The summed E-state index contributed by atoms with van der Waals surface area (Å²) in [6, 6.07) is -1.78. The minimum atomic E-state index is -0.728. The summed E-state index contributed by atoms with van der Waals surface area (Å²) in [5.41, 5.74) is 0. The first kappa shape index (κ1) is 37.8. The third-order valence-corrected chi connectivity index (χ3v) is 9.00. The maximum Gasteiger partial charge on any atom is 0.245 e. The summed E-state index contributed by atoms with van der Waals surface area (Å²) in [6.45, 7) is 14.2. The fourth-order valence-corrected chi connectivity index (χ4v) is 6.28. The van der Waals surface area contributed by atoms with Gasteiger partial charge in [0.1, 0.15) is 6.04 Å². The molecule has 11 nitrogen and oxygen atoms in total. The number of nitrogens with zero attached hydrogens (tertiary/aromatic N) is 2. The number of nitrogens with one attached hydrogen (secondary N) is 3. The van der Waals surface area contributed by atoms with E-state index in [9.17, 15) is 19.2 Å². The predicted octanol–water partition coefficient (Wildman–Crippen LogP) is 2.04. The summed E-state index contributed by atoms with van der Waals surface area (Å²) >= 11 is 0. The van der Waals surface area contributed by atoms with Gasteiger partial charge in [0.2, 0.25) is 23.6 Å². The quantitative estimate of drug-likeness (QED) is 0.234. The van der Waals surface area contributed by atoms with Crippen molar-refractivity contribution in [2.24, 2.45) is 23.7 Å².